The summed E-state index contributed by atoms with van der Waals surface area (Å²) in [5.74, 6) is -1.50. The summed E-state index contributed by atoms with van der Waals surface area (Å²) in [6.45, 7) is 5.10. The van der Waals surface area contributed by atoms with Gasteiger partial charge in [-0.15, -0.1) is 0 Å². The third kappa shape index (κ3) is 2.95. The van der Waals surface area contributed by atoms with E-state index in [1.54, 1.807) is 25.1 Å². The first-order chi connectivity index (χ1) is 10.3. The molecule has 0 fully saturated rings. The number of amides is 1. The van der Waals surface area contributed by atoms with Crippen LogP contribution in [-0.4, -0.2) is 22.5 Å². The second kappa shape index (κ2) is 6.01. The summed E-state index contributed by atoms with van der Waals surface area (Å²) >= 11 is 5.95. The fourth-order valence-corrected chi connectivity index (χ4v) is 2.61. The summed E-state index contributed by atoms with van der Waals surface area (Å²) in [7, 11) is 0. The highest BCUT2D eigenvalue weighted by atomic mass is 35.5. The number of rotatable bonds is 5. The van der Waals surface area contributed by atoms with Gasteiger partial charge in [-0.1, -0.05) is 24.9 Å². The Kier molecular flexibility index (Phi) is 4.47. The van der Waals surface area contributed by atoms with Gasteiger partial charge < -0.3 is 14.8 Å². The third-order valence-corrected chi connectivity index (χ3v) is 3.95. The van der Waals surface area contributed by atoms with Gasteiger partial charge in [-0.25, -0.2) is 4.79 Å². The standard InChI is InChI=1S/C16H18ClNO4/c1-4-7-16(3,15(20)21)18-14(19)13-9(2)11-8-10(17)5-6-12(11)22-13/h5-6,8H,4,7H2,1-3H3,(H,18,19)(H,20,21). The molecular formula is C16H18ClNO4. The minimum atomic E-state index is -1.32. The lowest BCUT2D eigenvalue weighted by atomic mass is 9.96. The molecule has 1 heterocycles. The number of nitrogens with one attached hydrogen (secondary N) is 1. The minimum Gasteiger partial charge on any atom is -0.480 e. The molecule has 0 radical (unpaired) electrons. The van der Waals surface area contributed by atoms with Gasteiger partial charge in [0.05, 0.1) is 0 Å². The fraction of sp³-hybridized carbons (Fsp3) is 0.375. The quantitative estimate of drug-likeness (QED) is 0.877. The molecule has 2 rings (SSSR count). The van der Waals surface area contributed by atoms with Crippen LogP contribution in [0.25, 0.3) is 11.0 Å². The maximum atomic E-state index is 12.4. The van der Waals surface area contributed by atoms with Gasteiger partial charge in [0.2, 0.25) is 0 Å². The van der Waals surface area contributed by atoms with Crippen LogP contribution in [0.15, 0.2) is 22.6 Å². The van der Waals surface area contributed by atoms with Gasteiger partial charge in [-0.05, 0) is 38.5 Å². The van der Waals surface area contributed by atoms with E-state index in [0.29, 0.717) is 29.0 Å². The molecule has 2 N–H and O–H groups in total. The zero-order chi connectivity index (χ0) is 16.5. The third-order valence-electron chi connectivity index (χ3n) is 3.72. The molecule has 0 spiro atoms. The normalized spacial score (nSPS) is 13.8. The van der Waals surface area contributed by atoms with Crippen molar-refractivity contribution in [3.05, 3.63) is 34.5 Å². The van der Waals surface area contributed by atoms with Crippen molar-refractivity contribution in [2.75, 3.05) is 0 Å². The molecule has 0 aliphatic rings. The van der Waals surface area contributed by atoms with Crippen LogP contribution in [0.5, 0.6) is 0 Å². The lowest BCUT2D eigenvalue weighted by Gasteiger charge is -2.25. The molecule has 118 valence electrons. The number of aryl methyl sites for hydroxylation is 1. The van der Waals surface area contributed by atoms with Crippen molar-refractivity contribution in [1.29, 1.82) is 0 Å². The van der Waals surface area contributed by atoms with E-state index in [9.17, 15) is 14.7 Å². The molecule has 0 aliphatic heterocycles. The molecule has 22 heavy (non-hydrogen) atoms. The Morgan fingerprint density at radius 2 is 2.09 bits per heavy atom. The van der Waals surface area contributed by atoms with Gasteiger partial charge >= 0.3 is 5.97 Å². The Balaban J connectivity index is 2.37. The van der Waals surface area contributed by atoms with Gasteiger partial charge in [0.25, 0.3) is 5.91 Å². The number of carboxylic acid groups (broad SMARTS) is 1. The summed E-state index contributed by atoms with van der Waals surface area (Å²) < 4.78 is 5.56. The number of carbonyl (C=O) groups is 2. The number of furan rings is 1. The maximum absolute atomic E-state index is 12.4. The predicted octanol–water partition coefficient (Wildman–Crippen LogP) is 3.77. The molecule has 0 aliphatic carbocycles. The predicted molar refractivity (Wildman–Crippen MR) is 84.4 cm³/mol. The van der Waals surface area contributed by atoms with Crippen LogP contribution in [0.1, 0.15) is 42.8 Å². The number of carboxylic acids is 1. The van der Waals surface area contributed by atoms with Crippen LogP contribution >= 0.6 is 11.6 Å². The van der Waals surface area contributed by atoms with Gasteiger partial charge in [-0.3, -0.25) is 4.79 Å². The lowest BCUT2D eigenvalue weighted by molar-refractivity contribution is -0.144. The van der Waals surface area contributed by atoms with Crippen LogP contribution in [0.4, 0.5) is 0 Å². The summed E-state index contributed by atoms with van der Waals surface area (Å²) in [6.07, 6.45) is 0.969. The molecule has 5 nitrogen and oxygen atoms in total. The fourth-order valence-electron chi connectivity index (χ4n) is 2.44. The van der Waals surface area contributed by atoms with E-state index in [2.05, 4.69) is 5.32 Å². The Morgan fingerprint density at radius 1 is 1.41 bits per heavy atom. The molecule has 2 aromatic rings. The Morgan fingerprint density at radius 3 is 2.68 bits per heavy atom. The molecule has 6 heteroatoms. The first-order valence-corrected chi connectivity index (χ1v) is 7.41. The molecular weight excluding hydrogens is 306 g/mol. The van der Waals surface area contributed by atoms with Gasteiger partial charge in [-0.2, -0.15) is 0 Å². The van der Waals surface area contributed by atoms with Crippen molar-refractivity contribution < 1.29 is 19.1 Å². The van der Waals surface area contributed by atoms with E-state index >= 15 is 0 Å². The highest BCUT2D eigenvalue weighted by Gasteiger charge is 2.35. The monoisotopic (exact) mass is 323 g/mol. The Hall–Kier alpha value is -2.01. The number of halogens is 1. The molecule has 0 saturated heterocycles. The second-order valence-corrected chi connectivity index (χ2v) is 5.97. The topological polar surface area (TPSA) is 79.5 Å². The summed E-state index contributed by atoms with van der Waals surface area (Å²) in [5.41, 5.74) is -0.145. The lowest BCUT2D eigenvalue weighted by Crippen LogP contribution is -2.52. The SMILES string of the molecule is CCCC(C)(NC(=O)c1oc2ccc(Cl)cc2c1C)C(=O)O. The highest BCUT2D eigenvalue weighted by molar-refractivity contribution is 6.31. The van der Waals surface area contributed by atoms with E-state index in [1.807, 2.05) is 6.92 Å². The molecule has 1 amide bonds. The van der Waals surface area contributed by atoms with Crippen molar-refractivity contribution >= 4 is 34.4 Å². The van der Waals surface area contributed by atoms with Crippen LogP contribution < -0.4 is 5.32 Å². The van der Waals surface area contributed by atoms with Crippen LogP contribution in [0, 0.1) is 6.92 Å². The van der Waals surface area contributed by atoms with Crippen LogP contribution in [-0.2, 0) is 4.79 Å². The number of hydrogen-bond donors (Lipinski definition) is 2. The maximum Gasteiger partial charge on any atom is 0.329 e. The number of hydrogen-bond acceptors (Lipinski definition) is 3. The summed E-state index contributed by atoms with van der Waals surface area (Å²) in [4.78, 5) is 23.8. The van der Waals surface area contributed by atoms with E-state index < -0.39 is 17.4 Å². The average Bonchev–Trinajstić information content (AvgIpc) is 2.76. The van der Waals surface area contributed by atoms with Crippen molar-refractivity contribution in [1.82, 2.24) is 5.32 Å². The van der Waals surface area contributed by atoms with Crippen molar-refractivity contribution in [3.63, 3.8) is 0 Å². The van der Waals surface area contributed by atoms with Gasteiger partial charge in [0, 0.05) is 16.0 Å². The summed E-state index contributed by atoms with van der Waals surface area (Å²) in [6, 6.07) is 5.08. The van der Waals surface area contributed by atoms with E-state index in [4.69, 9.17) is 16.0 Å². The first kappa shape index (κ1) is 16.4. The van der Waals surface area contributed by atoms with E-state index in [0.717, 1.165) is 5.39 Å². The van der Waals surface area contributed by atoms with Crippen molar-refractivity contribution in [2.24, 2.45) is 0 Å². The van der Waals surface area contributed by atoms with E-state index in [1.165, 1.54) is 6.92 Å². The van der Waals surface area contributed by atoms with Crippen molar-refractivity contribution in [3.8, 4) is 0 Å². The van der Waals surface area contributed by atoms with Gasteiger partial charge in [0.15, 0.2) is 5.76 Å². The second-order valence-electron chi connectivity index (χ2n) is 5.54. The average molecular weight is 324 g/mol. The molecule has 0 bridgehead atoms. The molecule has 1 aromatic heterocycles. The smallest absolute Gasteiger partial charge is 0.329 e. The highest BCUT2D eigenvalue weighted by Crippen LogP contribution is 2.28. The van der Waals surface area contributed by atoms with E-state index in [-0.39, 0.29) is 5.76 Å². The summed E-state index contributed by atoms with van der Waals surface area (Å²) in [5, 5.41) is 13.2. The first-order valence-electron chi connectivity index (χ1n) is 7.03. The number of aliphatic carboxylic acids is 1. The largest absolute Gasteiger partial charge is 0.480 e. The Bertz CT molecular complexity index is 737. The minimum absolute atomic E-state index is 0.112. The number of benzene rings is 1. The van der Waals surface area contributed by atoms with Gasteiger partial charge in [0.1, 0.15) is 11.1 Å². The molecule has 1 atom stereocenters. The number of fused-ring (bicyclic) bond motifs is 1. The zero-order valence-electron chi connectivity index (χ0n) is 12.7. The number of carbonyl (C=O) groups excluding carboxylic acids is 1. The Labute approximate surface area is 133 Å². The zero-order valence-corrected chi connectivity index (χ0v) is 13.5. The molecule has 0 saturated carbocycles. The molecule has 1 aromatic carbocycles. The van der Waals surface area contributed by atoms with Crippen LogP contribution in [0.2, 0.25) is 5.02 Å². The van der Waals surface area contributed by atoms with Crippen molar-refractivity contribution in [2.45, 2.75) is 39.2 Å². The van der Waals surface area contributed by atoms with Crippen LogP contribution in [0.3, 0.4) is 0 Å². The molecule has 1 unspecified atom stereocenters.